The van der Waals surface area contributed by atoms with E-state index < -0.39 is 0 Å². The predicted molar refractivity (Wildman–Crippen MR) is 437 cm³/mol. The summed E-state index contributed by atoms with van der Waals surface area (Å²) in [4.78, 5) is 4.45. The minimum atomic E-state index is 0. The molecule has 17 rings (SSSR count). The highest BCUT2D eigenvalue weighted by molar-refractivity contribution is 9.10. The Bertz CT molecular complexity index is 5320. The smallest absolute Gasteiger partial charge is 0.537 e. The van der Waals surface area contributed by atoms with Crippen LogP contribution < -0.4 is 14.5 Å². The van der Waals surface area contributed by atoms with Crippen LogP contribution in [0.1, 0.15) is 31.4 Å². The van der Waals surface area contributed by atoms with Crippen LogP contribution in [0.2, 0.25) is 0 Å². The summed E-state index contributed by atoms with van der Waals surface area (Å²) >= 11 is 3.64. The van der Waals surface area contributed by atoms with Gasteiger partial charge in [-0.15, -0.1) is 0 Å². The number of fused-ring (bicyclic) bond motifs is 6. The van der Waals surface area contributed by atoms with Gasteiger partial charge in [-0.05, 0) is 221 Å². The van der Waals surface area contributed by atoms with Gasteiger partial charge in [0.15, 0.2) is 0 Å². The number of anilines is 6. The molecule has 2 aromatic heterocycles. The van der Waals surface area contributed by atoms with Crippen molar-refractivity contribution in [2.75, 3.05) is 23.0 Å². The van der Waals surface area contributed by atoms with Gasteiger partial charge >= 0.3 is 7.69 Å². The average molecular weight is 1390 g/mol. The lowest BCUT2D eigenvalue weighted by atomic mass is 9.99. The second-order valence-corrected chi connectivity index (χ2v) is 25.4. The Morgan fingerprint density at radius 2 is 0.627 bits per heavy atom. The van der Waals surface area contributed by atoms with Crippen molar-refractivity contribution in [2.45, 2.75) is 20.3 Å². The third-order valence-electron chi connectivity index (χ3n) is 18.1. The van der Waals surface area contributed by atoms with Crippen LogP contribution in [0, 0.1) is 0 Å². The van der Waals surface area contributed by atoms with E-state index in [2.05, 4.69) is 339 Å². The van der Waals surface area contributed by atoms with Crippen molar-refractivity contribution < 1.29 is 14.4 Å². The SMILES string of the molecule is C.C1CCOC1.C=Cc1ccc(-c2ccc3c(c2)c2cc(-c4ccc(N(c5ccccc5)c5ccccc5)cc4)ccc2n3-c2ccccc2)cc1.C=Cc1ccc(-c2ccc3c(c2)c2cc(Br)ccc2n3-c2ccccc2)cc1.O[B]Oc1ccc(N(c2ccccc2)c2ccccc2)cc1. The van der Waals surface area contributed by atoms with Crippen molar-refractivity contribution in [3.63, 3.8) is 0 Å². The topological polar surface area (TPSA) is 55.0 Å². The highest BCUT2D eigenvalue weighted by atomic mass is 79.9. The molecule has 1 saturated heterocycles. The molecule has 0 amide bonds. The molecule has 1 fully saturated rings. The molecule has 7 nitrogen and oxygen atoms in total. The number of nitrogens with zero attached hydrogens (tertiary/aromatic N) is 4. The molecule has 1 radical (unpaired) electrons. The highest BCUT2D eigenvalue weighted by Crippen LogP contribution is 2.42. The number of halogens is 1. The third kappa shape index (κ3) is 15.4. The summed E-state index contributed by atoms with van der Waals surface area (Å²) in [5.74, 6) is 0.590. The van der Waals surface area contributed by atoms with Crippen LogP contribution in [0.4, 0.5) is 34.1 Å². The van der Waals surface area contributed by atoms with Crippen LogP contribution in [0.15, 0.2) is 369 Å². The zero-order valence-corrected chi connectivity index (χ0v) is 57.5. The second-order valence-electron chi connectivity index (χ2n) is 24.4. The van der Waals surface area contributed by atoms with Crippen LogP contribution in [0.25, 0.3) is 101 Å². The summed E-state index contributed by atoms with van der Waals surface area (Å²) in [6, 6.07) is 123. The molecule has 0 aliphatic carbocycles. The fourth-order valence-corrected chi connectivity index (χ4v) is 13.5. The van der Waals surface area contributed by atoms with Crippen LogP contribution >= 0.6 is 15.9 Å². The van der Waals surface area contributed by atoms with Gasteiger partial charge in [-0.2, -0.15) is 0 Å². The van der Waals surface area contributed by atoms with Gasteiger partial charge in [-0.3, -0.25) is 0 Å². The number of aromatic nitrogens is 2. The van der Waals surface area contributed by atoms with Crippen molar-refractivity contribution in [3.05, 3.63) is 381 Å². The normalized spacial score (nSPS) is 11.4. The number of rotatable bonds is 15. The maximum Gasteiger partial charge on any atom is 0.569 e. The lowest BCUT2D eigenvalue weighted by Gasteiger charge is -2.25. The first-order chi connectivity index (χ1) is 49.9. The molecule has 0 spiro atoms. The van der Waals surface area contributed by atoms with E-state index in [1.54, 1.807) is 0 Å². The molecule has 1 aliphatic rings. The van der Waals surface area contributed by atoms with Gasteiger partial charge in [-0.25, -0.2) is 0 Å². The van der Waals surface area contributed by atoms with E-state index in [9.17, 15) is 0 Å². The molecule has 497 valence electrons. The number of hydrogen-bond donors (Lipinski definition) is 1. The largest absolute Gasteiger partial charge is 0.569 e. The van der Waals surface area contributed by atoms with Crippen LogP contribution in [0.3, 0.4) is 0 Å². The molecule has 1 aliphatic heterocycles. The van der Waals surface area contributed by atoms with Crippen molar-refractivity contribution in [1.29, 1.82) is 0 Å². The van der Waals surface area contributed by atoms with Crippen LogP contribution in [0.5, 0.6) is 5.75 Å². The minimum absolute atomic E-state index is 0. The molecular weight excluding hydrogens is 1310 g/mol. The van der Waals surface area contributed by atoms with Crippen molar-refractivity contribution in [3.8, 4) is 50.5 Å². The molecule has 9 heteroatoms. The van der Waals surface area contributed by atoms with Crippen molar-refractivity contribution in [2.24, 2.45) is 0 Å². The number of hydrogen-bond acceptors (Lipinski definition) is 5. The molecular formula is C93H77BBrN4O3. The Morgan fingerprint density at radius 1 is 0.343 bits per heavy atom. The second kappa shape index (κ2) is 32.8. The van der Waals surface area contributed by atoms with E-state index >= 15 is 0 Å². The Morgan fingerprint density at radius 3 is 0.941 bits per heavy atom. The van der Waals surface area contributed by atoms with Crippen molar-refractivity contribution >= 4 is 114 Å². The summed E-state index contributed by atoms with van der Waals surface area (Å²) in [6.07, 6.45) is 6.31. The van der Waals surface area contributed by atoms with Gasteiger partial charge < -0.3 is 33.3 Å². The first kappa shape index (κ1) is 68.5. The summed E-state index contributed by atoms with van der Waals surface area (Å²) in [7, 11) is 0.682. The first-order valence-corrected chi connectivity index (χ1v) is 34.8. The monoisotopic (exact) mass is 1390 g/mol. The predicted octanol–water partition coefficient (Wildman–Crippen LogP) is 25.6. The molecule has 14 aromatic carbocycles. The van der Waals surface area contributed by atoms with Crippen LogP contribution in [-0.4, -0.2) is 35.1 Å². The quantitative estimate of drug-likeness (QED) is 0.104. The van der Waals surface area contributed by atoms with Gasteiger partial charge in [-0.1, -0.05) is 237 Å². The molecule has 3 heterocycles. The maximum atomic E-state index is 8.70. The Kier molecular flexibility index (Phi) is 22.0. The van der Waals surface area contributed by atoms with Gasteiger partial charge in [0.05, 0.1) is 22.1 Å². The van der Waals surface area contributed by atoms with E-state index in [4.69, 9.17) is 14.4 Å². The molecule has 1 N–H and O–H groups in total. The summed E-state index contributed by atoms with van der Waals surface area (Å²) in [6.45, 7) is 9.75. The first-order valence-electron chi connectivity index (χ1n) is 34.0. The number of benzene rings is 14. The van der Waals surface area contributed by atoms with E-state index in [0.717, 1.165) is 68.6 Å². The van der Waals surface area contributed by atoms with Gasteiger partial charge in [0, 0.05) is 84.7 Å². The van der Waals surface area contributed by atoms with E-state index in [1.165, 1.54) is 95.5 Å². The molecule has 16 aromatic rings. The fourth-order valence-electron chi connectivity index (χ4n) is 13.1. The Hall–Kier alpha value is -12.0. The average Bonchev–Trinajstić information content (AvgIpc) is 1.59. The fraction of sp³-hybridized carbons (Fsp3) is 0.0538. The number of ether oxygens (including phenoxy) is 1. The maximum absolute atomic E-state index is 8.70. The molecule has 102 heavy (non-hydrogen) atoms. The zero-order chi connectivity index (χ0) is 68.7. The van der Waals surface area contributed by atoms with Crippen LogP contribution in [-0.2, 0) is 4.74 Å². The van der Waals surface area contributed by atoms with E-state index in [1.807, 2.05) is 72.8 Å². The summed E-state index contributed by atoms with van der Waals surface area (Å²) in [5.41, 5.74) is 23.2. The number of para-hydroxylation sites is 6. The van der Waals surface area contributed by atoms with E-state index in [0.29, 0.717) is 13.4 Å². The lowest BCUT2D eigenvalue weighted by Crippen LogP contribution is -2.09. The molecule has 0 saturated carbocycles. The standard InChI is InChI=1S/C44H32N2.C26H18BrN.C18H15BNO2.C4H8O.CH4/c1-2-32-18-20-33(21-19-32)35-24-28-43-41(30-35)42-31-36(25-29-44(42)46(43)39-16-10-5-11-17-39)34-22-26-40(27-23-34)45(37-12-6-3-7-13-37)38-14-8-4-9-15-38;1-2-18-8-10-19(11-9-18)20-12-14-25-23(16-20)24-17-21(27)13-15-26(24)28(25)22-6-4-3-5-7-22;21-19-22-18-13-11-17(12-14-18)20(15-7-3-1-4-8-15)16-9-5-2-6-10-16;1-2-4-5-3-1;/h2-31H,1H2;2-17H,1H2;1-14,21H;1-4H2;1H4. The summed E-state index contributed by atoms with van der Waals surface area (Å²) < 4.78 is 15.7. The Labute approximate surface area is 607 Å². The zero-order valence-electron chi connectivity index (χ0n) is 55.9. The molecule has 0 unspecified atom stereocenters. The van der Waals surface area contributed by atoms with Gasteiger partial charge in [0.2, 0.25) is 0 Å². The lowest BCUT2D eigenvalue weighted by molar-refractivity contribution is 0.198. The molecule has 0 atom stereocenters. The highest BCUT2D eigenvalue weighted by Gasteiger charge is 2.19. The Balaban J connectivity index is 0.000000141. The molecule has 0 bridgehead atoms. The summed E-state index contributed by atoms with van der Waals surface area (Å²) in [5, 5.41) is 13.7. The van der Waals surface area contributed by atoms with Gasteiger partial charge in [0.25, 0.3) is 0 Å². The third-order valence-corrected chi connectivity index (χ3v) is 18.6. The van der Waals surface area contributed by atoms with Gasteiger partial charge in [0.1, 0.15) is 5.75 Å². The minimum Gasteiger partial charge on any atom is -0.537 e. The van der Waals surface area contributed by atoms with E-state index in [-0.39, 0.29) is 7.43 Å². The van der Waals surface area contributed by atoms with Crippen molar-refractivity contribution in [1.82, 2.24) is 9.13 Å².